The largest absolute Gasteiger partial charge is 0.445 e. The number of benzene rings is 4. The van der Waals surface area contributed by atoms with Gasteiger partial charge in [0.25, 0.3) is 0 Å². The molecule has 0 heterocycles. The molecule has 0 unspecified atom stereocenters. The number of nitrogens with one attached hydrogen (secondary N) is 2. The Labute approximate surface area is 252 Å². The maximum absolute atomic E-state index is 13.8. The maximum Gasteiger partial charge on any atom is 0.407 e. The molecule has 0 saturated carbocycles. The number of rotatable bonds is 12. The summed E-state index contributed by atoms with van der Waals surface area (Å²) >= 11 is 0. The summed E-state index contributed by atoms with van der Waals surface area (Å²) in [5.41, 5.74) is 4.67. The third kappa shape index (κ3) is 8.31. The van der Waals surface area contributed by atoms with Gasteiger partial charge in [-0.3, -0.25) is 4.79 Å². The Morgan fingerprint density at radius 1 is 0.767 bits per heavy atom. The van der Waals surface area contributed by atoms with Gasteiger partial charge in [-0.2, -0.15) is 0 Å². The summed E-state index contributed by atoms with van der Waals surface area (Å²) < 4.78 is 5.46. The van der Waals surface area contributed by atoms with E-state index in [1.807, 2.05) is 115 Å². The van der Waals surface area contributed by atoms with Gasteiger partial charge in [-0.05, 0) is 47.1 Å². The second kappa shape index (κ2) is 14.6. The summed E-state index contributed by atoms with van der Waals surface area (Å²) in [7, 11) is 0. The van der Waals surface area contributed by atoms with Gasteiger partial charge in [-0.1, -0.05) is 115 Å². The van der Waals surface area contributed by atoms with E-state index in [-0.39, 0.29) is 18.9 Å². The fourth-order valence-electron chi connectivity index (χ4n) is 5.72. The van der Waals surface area contributed by atoms with Gasteiger partial charge < -0.3 is 25.6 Å². The van der Waals surface area contributed by atoms with Crippen molar-refractivity contribution in [2.75, 3.05) is 0 Å². The third-order valence-corrected chi connectivity index (χ3v) is 8.00. The summed E-state index contributed by atoms with van der Waals surface area (Å²) in [6.07, 6.45) is -1.09. The summed E-state index contributed by atoms with van der Waals surface area (Å²) in [5, 5.41) is 28.3. The smallest absolute Gasteiger partial charge is 0.407 e. The standard InChI is InChI=1S/C36H38N2O5/c39-32(31(21-26-14-6-2-7-15-26)37-36(42)43-24-27-16-8-3-9-17-27)23-29(20-25-12-4-1-5-13-25)35(41)38-34-30-19-11-10-18-28(30)22-33(34)40/h1-19,29,31-34,39-40H,20-24H2,(H,37,42)(H,38,41)/t29-,31+,32+,33-,34+/m1/s1. The van der Waals surface area contributed by atoms with Crippen LogP contribution in [0.1, 0.15) is 40.3 Å². The van der Waals surface area contributed by atoms with Gasteiger partial charge >= 0.3 is 6.09 Å². The molecule has 4 aromatic carbocycles. The zero-order chi connectivity index (χ0) is 30.0. The maximum atomic E-state index is 13.8. The van der Waals surface area contributed by atoms with Crippen LogP contribution in [0.5, 0.6) is 0 Å². The van der Waals surface area contributed by atoms with Crippen molar-refractivity contribution >= 4 is 12.0 Å². The molecule has 5 atom stereocenters. The molecule has 1 aliphatic carbocycles. The van der Waals surface area contributed by atoms with Crippen LogP contribution in [-0.2, 0) is 35.4 Å². The van der Waals surface area contributed by atoms with E-state index in [2.05, 4.69) is 10.6 Å². The number of amides is 2. The lowest BCUT2D eigenvalue weighted by Gasteiger charge is -2.28. The number of fused-ring (bicyclic) bond motifs is 1. The molecule has 0 saturated heterocycles. The van der Waals surface area contributed by atoms with Crippen LogP contribution in [-0.4, -0.2) is 40.5 Å². The molecule has 2 amide bonds. The summed E-state index contributed by atoms with van der Waals surface area (Å²) in [6.45, 7) is 0.102. The first kappa shape index (κ1) is 30.0. The summed E-state index contributed by atoms with van der Waals surface area (Å²) in [5.74, 6) is -0.869. The van der Waals surface area contributed by atoms with Gasteiger partial charge in [0.2, 0.25) is 5.91 Å². The molecule has 0 radical (unpaired) electrons. The molecule has 7 nitrogen and oxygen atoms in total. The predicted octanol–water partition coefficient (Wildman–Crippen LogP) is 4.91. The molecule has 1 aliphatic rings. The minimum Gasteiger partial charge on any atom is -0.445 e. The van der Waals surface area contributed by atoms with Crippen LogP contribution in [0.3, 0.4) is 0 Å². The normalized spacial score (nSPS) is 17.7. The Morgan fingerprint density at radius 3 is 1.98 bits per heavy atom. The highest BCUT2D eigenvalue weighted by Crippen LogP contribution is 2.32. The number of carbonyl (C=O) groups is 2. The van der Waals surface area contributed by atoms with E-state index < -0.39 is 36.3 Å². The molecule has 0 fully saturated rings. The van der Waals surface area contributed by atoms with Crippen molar-refractivity contribution in [2.24, 2.45) is 5.92 Å². The van der Waals surface area contributed by atoms with Crippen molar-refractivity contribution in [3.63, 3.8) is 0 Å². The van der Waals surface area contributed by atoms with Crippen molar-refractivity contribution in [3.8, 4) is 0 Å². The third-order valence-electron chi connectivity index (χ3n) is 8.00. The topological polar surface area (TPSA) is 108 Å². The summed E-state index contributed by atoms with van der Waals surface area (Å²) in [4.78, 5) is 26.7. The van der Waals surface area contributed by atoms with Gasteiger partial charge in [0, 0.05) is 12.3 Å². The lowest BCUT2D eigenvalue weighted by molar-refractivity contribution is -0.127. The van der Waals surface area contributed by atoms with Crippen molar-refractivity contribution in [1.29, 1.82) is 0 Å². The highest BCUT2D eigenvalue weighted by Gasteiger charge is 2.35. The molecule has 4 aromatic rings. The van der Waals surface area contributed by atoms with E-state index in [4.69, 9.17) is 4.74 Å². The molecule has 5 rings (SSSR count). The van der Waals surface area contributed by atoms with Gasteiger partial charge in [0.1, 0.15) is 6.61 Å². The number of alkyl carbamates (subject to hydrolysis) is 1. The van der Waals surface area contributed by atoms with Gasteiger partial charge in [0.05, 0.1) is 24.3 Å². The highest BCUT2D eigenvalue weighted by molar-refractivity contribution is 5.80. The van der Waals surface area contributed by atoms with E-state index in [9.17, 15) is 19.8 Å². The van der Waals surface area contributed by atoms with Crippen LogP contribution >= 0.6 is 0 Å². The number of hydrogen-bond acceptors (Lipinski definition) is 5. The molecule has 4 N–H and O–H groups in total. The van der Waals surface area contributed by atoms with Crippen molar-refractivity contribution < 1.29 is 24.5 Å². The predicted molar refractivity (Wildman–Crippen MR) is 165 cm³/mol. The number of hydrogen-bond donors (Lipinski definition) is 4. The van der Waals surface area contributed by atoms with E-state index >= 15 is 0 Å². The second-order valence-electron chi connectivity index (χ2n) is 11.1. The minimum absolute atomic E-state index is 0.0989. The Bertz CT molecular complexity index is 1460. The summed E-state index contributed by atoms with van der Waals surface area (Å²) in [6, 6.07) is 35.1. The van der Waals surface area contributed by atoms with Gasteiger partial charge in [-0.15, -0.1) is 0 Å². The van der Waals surface area contributed by atoms with E-state index in [1.54, 1.807) is 0 Å². The lowest BCUT2D eigenvalue weighted by Crippen LogP contribution is -2.47. The number of ether oxygens (including phenoxy) is 1. The molecule has 0 aliphatic heterocycles. The second-order valence-corrected chi connectivity index (χ2v) is 11.1. The van der Waals surface area contributed by atoms with Crippen molar-refractivity contribution in [1.82, 2.24) is 10.6 Å². The van der Waals surface area contributed by atoms with Gasteiger partial charge in [-0.25, -0.2) is 4.79 Å². The fraction of sp³-hybridized carbons (Fsp3) is 0.278. The Balaban J connectivity index is 1.32. The average molecular weight is 579 g/mol. The van der Waals surface area contributed by atoms with Crippen molar-refractivity contribution in [3.05, 3.63) is 143 Å². The number of carbonyl (C=O) groups excluding carboxylic acids is 2. The molecule has 0 aromatic heterocycles. The molecule has 0 spiro atoms. The quantitative estimate of drug-likeness (QED) is 0.191. The monoisotopic (exact) mass is 578 g/mol. The molecular formula is C36H38N2O5. The van der Waals surface area contributed by atoms with E-state index in [0.29, 0.717) is 19.3 Å². The Morgan fingerprint density at radius 2 is 1.33 bits per heavy atom. The average Bonchev–Trinajstić information content (AvgIpc) is 3.35. The van der Waals surface area contributed by atoms with E-state index in [0.717, 1.165) is 27.8 Å². The van der Waals surface area contributed by atoms with E-state index in [1.165, 1.54) is 0 Å². The van der Waals surface area contributed by atoms with Crippen LogP contribution in [0.15, 0.2) is 115 Å². The lowest BCUT2D eigenvalue weighted by atomic mass is 9.88. The Kier molecular flexibility index (Phi) is 10.2. The first-order chi connectivity index (χ1) is 21.0. The molecule has 0 bridgehead atoms. The van der Waals surface area contributed by atoms with Gasteiger partial charge in [0.15, 0.2) is 0 Å². The Hall–Kier alpha value is -4.46. The fourth-order valence-corrected chi connectivity index (χ4v) is 5.72. The molecule has 43 heavy (non-hydrogen) atoms. The van der Waals surface area contributed by atoms with Crippen molar-refractivity contribution in [2.45, 2.75) is 56.6 Å². The highest BCUT2D eigenvalue weighted by atomic mass is 16.5. The SMILES string of the molecule is O=C(N[C@@H](Cc1ccccc1)[C@@H](O)C[C@@H](Cc1ccccc1)C(=O)N[C@H]1c2ccccc2C[C@H]1O)OCc1ccccc1. The zero-order valence-electron chi connectivity index (χ0n) is 24.0. The first-order valence-electron chi connectivity index (χ1n) is 14.8. The van der Waals surface area contributed by atoms with Crippen LogP contribution in [0, 0.1) is 5.92 Å². The van der Waals surface area contributed by atoms with Crippen LogP contribution in [0.4, 0.5) is 4.79 Å². The number of aliphatic hydroxyl groups is 2. The van der Waals surface area contributed by atoms with Crippen LogP contribution in [0.25, 0.3) is 0 Å². The molecule has 222 valence electrons. The molecular weight excluding hydrogens is 540 g/mol. The first-order valence-corrected chi connectivity index (χ1v) is 14.8. The number of aliphatic hydroxyl groups excluding tert-OH is 2. The zero-order valence-corrected chi connectivity index (χ0v) is 24.0. The van der Waals surface area contributed by atoms with Crippen LogP contribution < -0.4 is 10.6 Å². The van der Waals surface area contributed by atoms with Crippen LogP contribution in [0.2, 0.25) is 0 Å². The minimum atomic E-state index is -1.05. The molecule has 7 heteroatoms.